The van der Waals surface area contributed by atoms with Crippen LogP contribution in [0.4, 0.5) is 4.39 Å². The van der Waals surface area contributed by atoms with E-state index in [2.05, 4.69) is 10.3 Å². The van der Waals surface area contributed by atoms with E-state index in [1.54, 1.807) is 24.7 Å². The molecular weight excluding hydrogens is 319 g/mol. The second kappa shape index (κ2) is 8.76. The van der Waals surface area contributed by atoms with E-state index in [9.17, 15) is 9.18 Å². The van der Waals surface area contributed by atoms with E-state index in [0.29, 0.717) is 24.6 Å². The van der Waals surface area contributed by atoms with E-state index in [-0.39, 0.29) is 11.7 Å². The number of nitrogens with one attached hydrogen (secondary N) is 1. The Balaban J connectivity index is 1.39. The zero-order chi connectivity index (χ0) is 17.5. The van der Waals surface area contributed by atoms with Crippen molar-refractivity contribution in [2.24, 2.45) is 0 Å². The first-order valence-electron chi connectivity index (χ1n) is 8.93. The van der Waals surface area contributed by atoms with Crippen LogP contribution in [-0.2, 0) is 17.9 Å². The van der Waals surface area contributed by atoms with Crippen molar-refractivity contribution in [2.75, 3.05) is 13.1 Å². The topological polar surface area (TPSA) is 50.2 Å². The maximum atomic E-state index is 13.6. The van der Waals surface area contributed by atoms with Crippen LogP contribution in [0.5, 0.6) is 0 Å². The molecule has 1 N–H and O–H groups in total. The number of imidazole rings is 1. The minimum absolute atomic E-state index is 0.174. The second-order valence-electron chi connectivity index (χ2n) is 6.49. The molecule has 0 saturated carbocycles. The van der Waals surface area contributed by atoms with Gasteiger partial charge in [-0.05, 0) is 31.9 Å². The smallest absolute Gasteiger partial charge is 0.222 e. The number of amides is 1. The molecule has 2 heterocycles. The molecule has 5 nitrogen and oxygen atoms in total. The van der Waals surface area contributed by atoms with Crippen molar-refractivity contribution in [3.63, 3.8) is 0 Å². The van der Waals surface area contributed by atoms with Gasteiger partial charge in [0.2, 0.25) is 5.91 Å². The molecule has 0 unspecified atom stereocenters. The van der Waals surface area contributed by atoms with Gasteiger partial charge in [-0.1, -0.05) is 18.2 Å². The molecule has 1 atom stereocenters. The highest BCUT2D eigenvalue weighted by molar-refractivity contribution is 5.78. The molecule has 1 aliphatic rings. The summed E-state index contributed by atoms with van der Waals surface area (Å²) >= 11 is 0. The summed E-state index contributed by atoms with van der Waals surface area (Å²) in [5.41, 5.74) is 0.683. The lowest BCUT2D eigenvalue weighted by atomic mass is 10.1. The number of hydrogen-bond acceptors (Lipinski definition) is 3. The van der Waals surface area contributed by atoms with Crippen LogP contribution in [0.25, 0.3) is 0 Å². The molecule has 1 aliphatic heterocycles. The number of rotatable bonds is 9. The van der Waals surface area contributed by atoms with Gasteiger partial charge < -0.3 is 14.8 Å². The van der Waals surface area contributed by atoms with Gasteiger partial charge in [-0.3, -0.25) is 4.79 Å². The zero-order valence-electron chi connectivity index (χ0n) is 14.4. The van der Waals surface area contributed by atoms with Gasteiger partial charge in [0.15, 0.2) is 0 Å². The van der Waals surface area contributed by atoms with Crippen LogP contribution >= 0.6 is 0 Å². The first-order chi connectivity index (χ1) is 12.2. The molecule has 0 bridgehead atoms. The highest BCUT2D eigenvalue weighted by Crippen LogP contribution is 2.21. The third-order valence-corrected chi connectivity index (χ3v) is 4.75. The van der Waals surface area contributed by atoms with E-state index in [0.717, 1.165) is 38.9 Å². The minimum Gasteiger partial charge on any atom is -0.340 e. The Kier molecular flexibility index (Phi) is 6.17. The van der Waals surface area contributed by atoms with E-state index in [1.165, 1.54) is 6.07 Å². The van der Waals surface area contributed by atoms with Crippen molar-refractivity contribution in [1.82, 2.24) is 19.8 Å². The van der Waals surface area contributed by atoms with E-state index in [4.69, 9.17) is 0 Å². The van der Waals surface area contributed by atoms with E-state index >= 15 is 0 Å². The summed E-state index contributed by atoms with van der Waals surface area (Å²) in [7, 11) is 0. The van der Waals surface area contributed by atoms with Crippen molar-refractivity contribution < 1.29 is 9.18 Å². The predicted molar refractivity (Wildman–Crippen MR) is 94.3 cm³/mol. The molecule has 25 heavy (non-hydrogen) atoms. The summed E-state index contributed by atoms with van der Waals surface area (Å²) in [5.74, 6) is 0.0805. The number of aromatic nitrogens is 2. The van der Waals surface area contributed by atoms with Crippen molar-refractivity contribution >= 4 is 5.91 Å². The molecule has 134 valence electrons. The molecule has 6 heteroatoms. The highest BCUT2D eigenvalue weighted by Gasteiger charge is 2.29. The number of halogens is 1. The van der Waals surface area contributed by atoms with Crippen molar-refractivity contribution in [1.29, 1.82) is 0 Å². The molecule has 0 aliphatic carbocycles. The van der Waals surface area contributed by atoms with Crippen LogP contribution in [0.2, 0.25) is 0 Å². The summed E-state index contributed by atoms with van der Waals surface area (Å²) in [5, 5.41) is 3.29. The van der Waals surface area contributed by atoms with Gasteiger partial charge in [-0.25, -0.2) is 9.37 Å². The van der Waals surface area contributed by atoms with Gasteiger partial charge in [0.25, 0.3) is 0 Å². The summed E-state index contributed by atoms with van der Waals surface area (Å²) in [4.78, 5) is 18.2. The molecule has 1 saturated heterocycles. The molecule has 1 aromatic carbocycles. The molecule has 1 aromatic heterocycles. The fraction of sp³-hybridized carbons (Fsp3) is 0.474. The fourth-order valence-electron chi connectivity index (χ4n) is 3.38. The lowest BCUT2D eigenvalue weighted by molar-refractivity contribution is -0.129. The SMILES string of the molecule is O=C1CC[C@@H](CCNCc2ccccc2F)N1CCCn1ccnc1. The predicted octanol–water partition coefficient (Wildman–Crippen LogP) is 2.58. The summed E-state index contributed by atoms with van der Waals surface area (Å²) < 4.78 is 15.6. The van der Waals surface area contributed by atoms with Crippen LogP contribution in [0, 0.1) is 5.82 Å². The standard InChI is InChI=1S/C19H25FN4O/c20-18-5-2-1-4-16(18)14-21-9-8-17-6-7-19(25)24(17)12-3-11-23-13-10-22-15-23/h1-2,4-5,10,13,15,17,21H,3,6-9,11-12,14H2/t17-/m0/s1. The molecule has 0 spiro atoms. The molecule has 1 amide bonds. The van der Waals surface area contributed by atoms with Gasteiger partial charge >= 0.3 is 0 Å². The van der Waals surface area contributed by atoms with Gasteiger partial charge in [0, 0.05) is 50.1 Å². The van der Waals surface area contributed by atoms with Crippen LogP contribution in [-0.4, -0.2) is 39.5 Å². The summed E-state index contributed by atoms with van der Waals surface area (Å²) in [6.07, 6.45) is 8.91. The van der Waals surface area contributed by atoms with Gasteiger partial charge in [-0.2, -0.15) is 0 Å². The third-order valence-electron chi connectivity index (χ3n) is 4.75. The molecule has 3 rings (SSSR count). The van der Waals surface area contributed by atoms with Crippen molar-refractivity contribution in [3.05, 3.63) is 54.4 Å². The molecule has 1 fully saturated rings. The first-order valence-corrected chi connectivity index (χ1v) is 8.93. The largest absolute Gasteiger partial charge is 0.340 e. The normalized spacial score (nSPS) is 17.4. The van der Waals surface area contributed by atoms with Gasteiger partial charge in [0.05, 0.1) is 6.33 Å². The highest BCUT2D eigenvalue weighted by atomic mass is 19.1. The van der Waals surface area contributed by atoms with Crippen LogP contribution < -0.4 is 5.32 Å². The monoisotopic (exact) mass is 344 g/mol. The lowest BCUT2D eigenvalue weighted by Gasteiger charge is -2.25. The number of hydrogen-bond donors (Lipinski definition) is 1. The van der Waals surface area contributed by atoms with Crippen molar-refractivity contribution in [3.8, 4) is 0 Å². The second-order valence-corrected chi connectivity index (χ2v) is 6.49. The van der Waals surface area contributed by atoms with E-state index in [1.807, 2.05) is 21.7 Å². The fourth-order valence-corrected chi connectivity index (χ4v) is 3.38. The summed E-state index contributed by atoms with van der Waals surface area (Å²) in [6, 6.07) is 7.12. The molecule has 2 aromatic rings. The maximum Gasteiger partial charge on any atom is 0.222 e. The Hall–Kier alpha value is -2.21. The van der Waals surface area contributed by atoms with Crippen LogP contribution in [0.15, 0.2) is 43.0 Å². The number of carbonyl (C=O) groups is 1. The quantitative estimate of drug-likeness (QED) is 0.712. The number of aryl methyl sites for hydroxylation is 1. The minimum atomic E-state index is -0.174. The van der Waals surface area contributed by atoms with E-state index < -0.39 is 0 Å². The number of nitrogens with zero attached hydrogens (tertiary/aromatic N) is 3. The van der Waals surface area contributed by atoms with Crippen LogP contribution in [0.1, 0.15) is 31.2 Å². The van der Waals surface area contributed by atoms with Gasteiger partial charge in [0.1, 0.15) is 5.82 Å². The molecule has 0 radical (unpaired) electrons. The lowest BCUT2D eigenvalue weighted by Crippen LogP contribution is -2.36. The third kappa shape index (κ3) is 4.89. The Bertz CT molecular complexity index is 674. The van der Waals surface area contributed by atoms with Gasteiger partial charge in [-0.15, -0.1) is 0 Å². The zero-order valence-corrected chi connectivity index (χ0v) is 14.4. The number of benzene rings is 1. The molecular formula is C19H25FN4O. The Morgan fingerprint density at radius 1 is 1.28 bits per heavy atom. The Morgan fingerprint density at radius 2 is 2.16 bits per heavy atom. The average Bonchev–Trinajstić information content (AvgIpc) is 3.24. The Morgan fingerprint density at radius 3 is 2.96 bits per heavy atom. The maximum absolute atomic E-state index is 13.6. The number of likely N-dealkylation sites (tertiary alicyclic amines) is 1. The first kappa shape index (κ1) is 17.6. The van der Waals surface area contributed by atoms with Crippen LogP contribution in [0.3, 0.4) is 0 Å². The average molecular weight is 344 g/mol. The Labute approximate surface area is 147 Å². The number of carbonyl (C=O) groups excluding carboxylic acids is 1. The van der Waals surface area contributed by atoms with Crippen molar-refractivity contribution in [2.45, 2.75) is 44.8 Å². The summed E-state index contributed by atoms with van der Waals surface area (Å²) in [6.45, 7) is 2.97.